The molecule has 1 aliphatic heterocycles. The van der Waals surface area contributed by atoms with Crippen LogP contribution in [0.5, 0.6) is 5.75 Å². The van der Waals surface area contributed by atoms with Crippen LogP contribution >= 0.6 is 24.0 Å². The fourth-order valence-electron chi connectivity index (χ4n) is 2.67. The molecular weight excluding hydrogens is 342 g/mol. The van der Waals surface area contributed by atoms with E-state index >= 15 is 0 Å². The molecule has 1 aliphatic rings. The molecule has 0 aliphatic carbocycles. The van der Waals surface area contributed by atoms with E-state index in [1.54, 1.807) is 12.1 Å². The molecule has 7 heteroatoms. The number of hydrogen-bond donors (Lipinski definition) is 1. The van der Waals surface area contributed by atoms with E-state index in [0.717, 1.165) is 49.3 Å². The quantitative estimate of drug-likeness (QED) is 0.807. The Balaban J connectivity index is 1.78. The first kappa shape index (κ1) is 18.9. The predicted molar refractivity (Wildman–Crippen MR) is 105 cm³/mol. The van der Waals surface area contributed by atoms with Crippen LogP contribution in [-0.4, -0.2) is 70.2 Å². The van der Waals surface area contributed by atoms with Gasteiger partial charge in [-0.25, -0.2) is 0 Å². The second-order valence-corrected chi connectivity index (χ2v) is 7.22. The average molecular weight is 368 g/mol. The Kier molecular flexibility index (Phi) is 7.17. The third-order valence-electron chi connectivity index (χ3n) is 4.19. The number of phenolic OH excluding ortho intramolecular Hbond substituents is 1. The highest BCUT2D eigenvalue weighted by Crippen LogP contribution is 2.20. The summed E-state index contributed by atoms with van der Waals surface area (Å²) >= 11 is 6.84. The molecule has 0 bridgehead atoms. The number of carbonyl (C=O) groups excluding carboxylic acids is 1. The van der Waals surface area contributed by atoms with E-state index in [-0.39, 0.29) is 11.7 Å². The van der Waals surface area contributed by atoms with Crippen molar-refractivity contribution < 1.29 is 9.90 Å². The molecule has 5 nitrogen and oxygen atoms in total. The second kappa shape index (κ2) is 9.13. The van der Waals surface area contributed by atoms with Crippen LogP contribution in [0, 0.1) is 0 Å². The number of benzene rings is 1. The normalized spacial score (nSPS) is 14.6. The summed E-state index contributed by atoms with van der Waals surface area (Å²) in [4.78, 5) is 18.6. The maximum Gasteiger partial charge on any atom is 0.233 e. The van der Waals surface area contributed by atoms with Crippen molar-refractivity contribution in [1.29, 1.82) is 0 Å². The first-order chi connectivity index (χ1) is 11.5. The van der Waals surface area contributed by atoms with E-state index in [9.17, 15) is 9.90 Å². The molecule has 24 heavy (non-hydrogen) atoms. The van der Waals surface area contributed by atoms with Crippen LogP contribution in [0.4, 0.5) is 5.69 Å². The summed E-state index contributed by atoms with van der Waals surface area (Å²) in [6.07, 6.45) is 0. The van der Waals surface area contributed by atoms with Crippen LogP contribution in [0.1, 0.15) is 13.8 Å². The number of rotatable bonds is 5. The van der Waals surface area contributed by atoms with Gasteiger partial charge in [0.1, 0.15) is 10.1 Å². The lowest BCUT2D eigenvalue weighted by atomic mass is 10.2. The number of hydrogen-bond acceptors (Lipinski definition) is 5. The van der Waals surface area contributed by atoms with Crippen LogP contribution in [0.25, 0.3) is 0 Å². The highest BCUT2D eigenvalue weighted by atomic mass is 32.2. The molecule has 0 saturated carbocycles. The number of phenols is 1. The van der Waals surface area contributed by atoms with Gasteiger partial charge in [0.15, 0.2) is 0 Å². The Labute approximate surface area is 153 Å². The molecule has 1 saturated heterocycles. The molecule has 0 aromatic heterocycles. The van der Waals surface area contributed by atoms with Crippen LogP contribution in [0.15, 0.2) is 24.3 Å². The number of carbonyl (C=O) groups is 1. The molecule has 1 amide bonds. The van der Waals surface area contributed by atoms with Gasteiger partial charge < -0.3 is 19.8 Å². The van der Waals surface area contributed by atoms with E-state index in [1.807, 2.05) is 17.0 Å². The van der Waals surface area contributed by atoms with Crippen molar-refractivity contribution in [3.05, 3.63) is 24.3 Å². The van der Waals surface area contributed by atoms with Crippen molar-refractivity contribution in [2.45, 2.75) is 13.8 Å². The maximum absolute atomic E-state index is 12.4. The topological polar surface area (TPSA) is 47.0 Å². The molecule has 1 fully saturated rings. The molecular formula is C17H25N3O2S2. The zero-order chi connectivity index (χ0) is 17.5. The Bertz CT molecular complexity index is 553. The van der Waals surface area contributed by atoms with Crippen LogP contribution < -0.4 is 4.90 Å². The summed E-state index contributed by atoms with van der Waals surface area (Å²) in [7, 11) is 0. The number of thioether (sulfide) groups is 1. The highest BCUT2D eigenvalue weighted by Gasteiger charge is 2.22. The molecule has 0 unspecified atom stereocenters. The van der Waals surface area contributed by atoms with Gasteiger partial charge in [-0.1, -0.05) is 24.0 Å². The van der Waals surface area contributed by atoms with Crippen molar-refractivity contribution in [3.63, 3.8) is 0 Å². The Morgan fingerprint density at radius 2 is 1.75 bits per heavy atom. The number of amides is 1. The number of nitrogens with zero attached hydrogens (tertiary/aromatic N) is 3. The minimum Gasteiger partial charge on any atom is -0.508 e. The molecule has 0 atom stereocenters. The molecule has 1 aromatic carbocycles. The van der Waals surface area contributed by atoms with Crippen molar-refractivity contribution in [3.8, 4) is 5.75 Å². The van der Waals surface area contributed by atoms with Crippen LogP contribution in [0.3, 0.4) is 0 Å². The molecule has 132 valence electrons. The smallest absolute Gasteiger partial charge is 0.233 e. The minimum absolute atomic E-state index is 0.153. The van der Waals surface area contributed by atoms with Crippen molar-refractivity contribution in [1.82, 2.24) is 9.80 Å². The van der Waals surface area contributed by atoms with Gasteiger partial charge in [-0.2, -0.15) is 0 Å². The molecule has 1 N–H and O–H groups in total. The minimum atomic E-state index is 0.153. The molecule has 0 radical (unpaired) electrons. The van der Waals surface area contributed by atoms with E-state index in [2.05, 4.69) is 23.6 Å². The van der Waals surface area contributed by atoms with Gasteiger partial charge in [-0.05, 0) is 38.1 Å². The standard InChI is InChI=1S/C17H25N3O2S2/c1-3-18(4-2)17(23)24-13-16(22)20-11-9-19(10-12-20)14-5-7-15(21)8-6-14/h5-8,21H,3-4,9-13H2,1-2H3. The Hall–Kier alpha value is -1.47. The van der Waals surface area contributed by atoms with Gasteiger partial charge in [0.25, 0.3) is 0 Å². The van der Waals surface area contributed by atoms with Gasteiger partial charge in [-0.15, -0.1) is 0 Å². The van der Waals surface area contributed by atoms with E-state index in [1.165, 1.54) is 11.8 Å². The highest BCUT2D eigenvalue weighted by molar-refractivity contribution is 8.23. The third kappa shape index (κ3) is 5.01. The molecule has 1 heterocycles. The molecule has 0 spiro atoms. The van der Waals surface area contributed by atoms with Gasteiger partial charge in [-0.3, -0.25) is 4.79 Å². The number of piperazine rings is 1. The average Bonchev–Trinajstić information content (AvgIpc) is 2.61. The zero-order valence-electron chi connectivity index (χ0n) is 14.3. The molecule has 1 aromatic rings. The van der Waals surface area contributed by atoms with Gasteiger partial charge in [0.2, 0.25) is 5.91 Å². The van der Waals surface area contributed by atoms with Gasteiger partial charge in [0, 0.05) is 45.0 Å². The molecule has 2 rings (SSSR count). The van der Waals surface area contributed by atoms with Crippen LogP contribution in [0.2, 0.25) is 0 Å². The van der Waals surface area contributed by atoms with Crippen molar-refractivity contribution >= 4 is 39.9 Å². The Morgan fingerprint density at radius 1 is 1.17 bits per heavy atom. The lowest BCUT2D eigenvalue weighted by Crippen LogP contribution is -2.49. The zero-order valence-corrected chi connectivity index (χ0v) is 15.9. The largest absolute Gasteiger partial charge is 0.508 e. The van der Waals surface area contributed by atoms with E-state index < -0.39 is 0 Å². The lowest BCUT2D eigenvalue weighted by Gasteiger charge is -2.36. The number of aromatic hydroxyl groups is 1. The summed E-state index contributed by atoms with van der Waals surface area (Å²) in [5.41, 5.74) is 1.08. The fourth-order valence-corrected chi connectivity index (χ4v) is 3.97. The Morgan fingerprint density at radius 3 is 2.29 bits per heavy atom. The van der Waals surface area contributed by atoms with Crippen molar-refractivity contribution in [2.24, 2.45) is 0 Å². The van der Waals surface area contributed by atoms with E-state index in [4.69, 9.17) is 12.2 Å². The second-order valence-electron chi connectivity index (χ2n) is 5.61. The number of thiocarbonyl (C=S) groups is 1. The summed E-state index contributed by atoms with van der Waals surface area (Å²) < 4.78 is 0.802. The van der Waals surface area contributed by atoms with Gasteiger partial charge in [0.05, 0.1) is 5.75 Å². The van der Waals surface area contributed by atoms with E-state index in [0.29, 0.717) is 5.75 Å². The first-order valence-corrected chi connectivity index (χ1v) is 9.68. The lowest BCUT2D eigenvalue weighted by molar-refractivity contribution is -0.128. The summed E-state index contributed by atoms with van der Waals surface area (Å²) in [5.74, 6) is 0.836. The monoisotopic (exact) mass is 367 g/mol. The maximum atomic E-state index is 12.4. The summed E-state index contributed by atoms with van der Waals surface area (Å²) in [6.45, 7) is 8.95. The SMILES string of the molecule is CCN(CC)C(=S)SCC(=O)N1CCN(c2ccc(O)cc2)CC1. The summed E-state index contributed by atoms with van der Waals surface area (Å²) in [5, 5.41) is 9.36. The number of anilines is 1. The summed E-state index contributed by atoms with van der Waals surface area (Å²) in [6, 6.07) is 7.20. The van der Waals surface area contributed by atoms with Crippen molar-refractivity contribution in [2.75, 3.05) is 49.9 Å². The van der Waals surface area contributed by atoms with Crippen LogP contribution in [-0.2, 0) is 4.79 Å². The fraction of sp³-hybridized carbons (Fsp3) is 0.529. The third-order valence-corrected chi connectivity index (χ3v) is 5.70. The predicted octanol–water partition coefficient (Wildman–Crippen LogP) is 2.40. The van der Waals surface area contributed by atoms with Gasteiger partial charge >= 0.3 is 0 Å². The first-order valence-electron chi connectivity index (χ1n) is 8.28.